The summed E-state index contributed by atoms with van der Waals surface area (Å²) >= 11 is 0. The summed E-state index contributed by atoms with van der Waals surface area (Å²) in [4.78, 5) is 16.3. The SMILES string of the molecule is NCC#Cc1ccnc(NC(=O)CC2CC3CCC2C3)c1. The Bertz CT molecular complexity index is 587. The zero-order valence-corrected chi connectivity index (χ0v) is 12.1. The molecule has 1 amide bonds. The summed E-state index contributed by atoms with van der Waals surface area (Å²) in [6.07, 6.45) is 7.53. The number of amides is 1. The van der Waals surface area contributed by atoms with Crippen molar-refractivity contribution in [3.8, 4) is 11.8 Å². The van der Waals surface area contributed by atoms with Crippen LogP contribution in [0.15, 0.2) is 18.3 Å². The predicted octanol–water partition coefficient (Wildman–Crippen LogP) is 2.16. The smallest absolute Gasteiger partial charge is 0.225 e. The quantitative estimate of drug-likeness (QED) is 0.835. The predicted molar refractivity (Wildman–Crippen MR) is 82.4 cm³/mol. The number of fused-ring (bicyclic) bond motifs is 2. The fourth-order valence-corrected chi connectivity index (χ4v) is 3.79. The topological polar surface area (TPSA) is 68.0 Å². The third-order valence-corrected chi connectivity index (χ3v) is 4.69. The largest absolute Gasteiger partial charge is 0.320 e. The molecule has 2 aliphatic rings. The Kier molecular flexibility index (Phi) is 4.21. The normalized spacial score (nSPS) is 26.2. The van der Waals surface area contributed by atoms with Gasteiger partial charge in [0.15, 0.2) is 0 Å². The molecule has 2 aliphatic carbocycles. The fourth-order valence-electron chi connectivity index (χ4n) is 3.79. The van der Waals surface area contributed by atoms with Crippen molar-refractivity contribution >= 4 is 11.7 Å². The molecule has 21 heavy (non-hydrogen) atoms. The van der Waals surface area contributed by atoms with Crippen LogP contribution >= 0.6 is 0 Å². The van der Waals surface area contributed by atoms with E-state index >= 15 is 0 Å². The lowest BCUT2D eigenvalue weighted by atomic mass is 9.86. The van der Waals surface area contributed by atoms with E-state index in [1.807, 2.05) is 6.07 Å². The Hall–Kier alpha value is -1.86. The molecule has 0 aromatic carbocycles. The highest BCUT2D eigenvalue weighted by Crippen LogP contribution is 2.49. The lowest BCUT2D eigenvalue weighted by Crippen LogP contribution is -2.20. The van der Waals surface area contributed by atoms with Crippen molar-refractivity contribution in [2.75, 3.05) is 11.9 Å². The van der Waals surface area contributed by atoms with Crippen LogP contribution in [0.25, 0.3) is 0 Å². The molecule has 1 aromatic heterocycles. The van der Waals surface area contributed by atoms with Gasteiger partial charge in [-0.15, -0.1) is 0 Å². The average Bonchev–Trinajstić information content (AvgIpc) is 3.08. The number of pyridine rings is 1. The summed E-state index contributed by atoms with van der Waals surface area (Å²) < 4.78 is 0. The number of nitrogens with one attached hydrogen (secondary N) is 1. The number of hydrogen-bond acceptors (Lipinski definition) is 3. The highest BCUT2D eigenvalue weighted by Gasteiger charge is 2.40. The molecule has 0 aliphatic heterocycles. The minimum atomic E-state index is 0.0731. The van der Waals surface area contributed by atoms with E-state index in [-0.39, 0.29) is 5.91 Å². The van der Waals surface area contributed by atoms with E-state index in [1.54, 1.807) is 12.3 Å². The number of aromatic nitrogens is 1. The van der Waals surface area contributed by atoms with Crippen LogP contribution in [0.3, 0.4) is 0 Å². The fraction of sp³-hybridized carbons (Fsp3) is 0.529. The van der Waals surface area contributed by atoms with Crippen LogP contribution in [0.4, 0.5) is 5.82 Å². The average molecular weight is 283 g/mol. The van der Waals surface area contributed by atoms with Crippen molar-refractivity contribution in [2.24, 2.45) is 23.5 Å². The lowest BCUT2D eigenvalue weighted by Gasteiger charge is -2.20. The minimum absolute atomic E-state index is 0.0731. The second-order valence-electron chi connectivity index (χ2n) is 6.12. The zero-order chi connectivity index (χ0) is 14.7. The van der Waals surface area contributed by atoms with E-state index in [0.29, 0.717) is 24.7 Å². The van der Waals surface area contributed by atoms with E-state index in [9.17, 15) is 4.79 Å². The van der Waals surface area contributed by atoms with Gasteiger partial charge in [0.1, 0.15) is 5.82 Å². The summed E-state index contributed by atoms with van der Waals surface area (Å²) in [6.45, 7) is 0.328. The molecule has 3 unspecified atom stereocenters. The van der Waals surface area contributed by atoms with Crippen molar-refractivity contribution in [3.63, 3.8) is 0 Å². The molecule has 3 N–H and O–H groups in total. The van der Waals surface area contributed by atoms with Crippen molar-refractivity contribution < 1.29 is 4.79 Å². The second kappa shape index (κ2) is 6.28. The maximum Gasteiger partial charge on any atom is 0.225 e. The molecule has 0 spiro atoms. The highest BCUT2D eigenvalue weighted by atomic mass is 16.1. The number of hydrogen-bond donors (Lipinski definition) is 2. The molecule has 3 rings (SSSR count). The second-order valence-corrected chi connectivity index (χ2v) is 6.12. The van der Waals surface area contributed by atoms with E-state index in [2.05, 4.69) is 22.1 Å². The molecule has 1 aromatic rings. The van der Waals surface area contributed by atoms with Gasteiger partial charge >= 0.3 is 0 Å². The molecule has 1 heterocycles. The van der Waals surface area contributed by atoms with Gasteiger partial charge in [-0.3, -0.25) is 4.79 Å². The van der Waals surface area contributed by atoms with Gasteiger partial charge in [-0.25, -0.2) is 4.98 Å². The molecule has 4 nitrogen and oxygen atoms in total. The third kappa shape index (κ3) is 3.43. The van der Waals surface area contributed by atoms with E-state index in [4.69, 9.17) is 5.73 Å². The summed E-state index contributed by atoms with van der Waals surface area (Å²) in [5.41, 5.74) is 6.18. The zero-order valence-electron chi connectivity index (χ0n) is 12.1. The molecule has 3 atom stereocenters. The molecular formula is C17H21N3O. The highest BCUT2D eigenvalue weighted by molar-refractivity contribution is 5.90. The van der Waals surface area contributed by atoms with Crippen LogP contribution in [0.2, 0.25) is 0 Å². The molecule has 2 saturated carbocycles. The van der Waals surface area contributed by atoms with Gasteiger partial charge < -0.3 is 11.1 Å². The van der Waals surface area contributed by atoms with Crippen LogP contribution in [-0.2, 0) is 4.79 Å². The number of nitrogens with two attached hydrogens (primary N) is 1. The number of rotatable bonds is 3. The summed E-state index contributed by atoms with van der Waals surface area (Å²) in [6, 6.07) is 3.61. The molecule has 0 radical (unpaired) electrons. The maximum absolute atomic E-state index is 12.2. The van der Waals surface area contributed by atoms with Crippen molar-refractivity contribution in [1.29, 1.82) is 0 Å². The van der Waals surface area contributed by atoms with Gasteiger partial charge in [-0.2, -0.15) is 0 Å². The third-order valence-electron chi connectivity index (χ3n) is 4.69. The summed E-state index contributed by atoms with van der Waals surface area (Å²) in [5, 5.41) is 2.90. The van der Waals surface area contributed by atoms with Gasteiger partial charge in [0.05, 0.1) is 6.54 Å². The minimum Gasteiger partial charge on any atom is -0.320 e. The Morgan fingerprint density at radius 2 is 2.33 bits per heavy atom. The van der Waals surface area contributed by atoms with Gasteiger partial charge in [0, 0.05) is 18.2 Å². The standard InChI is InChI=1S/C17H21N3O/c18-6-1-2-12-5-7-19-16(10-12)20-17(21)11-15-9-13-3-4-14(15)8-13/h5,7,10,13-15H,3-4,6,8-9,11,18H2,(H,19,20,21). The Balaban J connectivity index is 1.57. The lowest BCUT2D eigenvalue weighted by molar-refractivity contribution is -0.117. The molecule has 2 fully saturated rings. The van der Waals surface area contributed by atoms with Gasteiger partial charge in [-0.05, 0) is 49.1 Å². The Morgan fingerprint density at radius 1 is 1.43 bits per heavy atom. The van der Waals surface area contributed by atoms with E-state index in [0.717, 1.165) is 17.4 Å². The first kappa shape index (κ1) is 14.1. The number of carbonyl (C=O) groups is 1. The Labute approximate surface area is 125 Å². The van der Waals surface area contributed by atoms with Gasteiger partial charge in [0.2, 0.25) is 5.91 Å². The number of anilines is 1. The number of carbonyl (C=O) groups excluding carboxylic acids is 1. The monoisotopic (exact) mass is 283 g/mol. The first-order chi connectivity index (χ1) is 10.2. The first-order valence-corrected chi connectivity index (χ1v) is 7.69. The van der Waals surface area contributed by atoms with Crippen molar-refractivity contribution in [3.05, 3.63) is 23.9 Å². The van der Waals surface area contributed by atoms with Gasteiger partial charge in [-0.1, -0.05) is 18.3 Å². The van der Waals surface area contributed by atoms with Crippen molar-refractivity contribution in [2.45, 2.75) is 32.1 Å². The van der Waals surface area contributed by atoms with Crippen LogP contribution in [0.5, 0.6) is 0 Å². The van der Waals surface area contributed by atoms with Crippen LogP contribution < -0.4 is 11.1 Å². The molecule has 110 valence electrons. The molecule has 4 heteroatoms. The number of nitrogens with zero attached hydrogens (tertiary/aromatic N) is 1. The van der Waals surface area contributed by atoms with Crippen LogP contribution in [0.1, 0.15) is 37.7 Å². The summed E-state index contributed by atoms with van der Waals surface area (Å²) in [5.74, 6) is 8.62. The molecule has 0 saturated heterocycles. The van der Waals surface area contributed by atoms with Crippen LogP contribution in [-0.4, -0.2) is 17.4 Å². The molecular weight excluding hydrogens is 262 g/mol. The summed E-state index contributed by atoms with van der Waals surface area (Å²) in [7, 11) is 0. The maximum atomic E-state index is 12.2. The van der Waals surface area contributed by atoms with Crippen molar-refractivity contribution in [1.82, 2.24) is 4.98 Å². The Morgan fingerprint density at radius 3 is 3.05 bits per heavy atom. The van der Waals surface area contributed by atoms with E-state index in [1.165, 1.54) is 25.7 Å². The van der Waals surface area contributed by atoms with Crippen LogP contribution in [0, 0.1) is 29.6 Å². The van der Waals surface area contributed by atoms with E-state index < -0.39 is 0 Å². The van der Waals surface area contributed by atoms with Gasteiger partial charge in [0.25, 0.3) is 0 Å². The first-order valence-electron chi connectivity index (χ1n) is 7.69. The molecule has 2 bridgehead atoms.